The summed E-state index contributed by atoms with van der Waals surface area (Å²) in [6.07, 6.45) is 3.29. The number of aryl methyl sites for hydroxylation is 1. The van der Waals surface area contributed by atoms with E-state index in [1.165, 1.54) is 30.6 Å². The summed E-state index contributed by atoms with van der Waals surface area (Å²) in [4.78, 5) is 0. The standard InChI is InChI=1S/C15H25FOSi/c1-4-18(5-2,17-3)12-7-6-9-14-10-8-11-15(16)13-14/h8,10-11,13H,4-7,9,12H2,1-3H3. The molecule has 0 heterocycles. The summed E-state index contributed by atoms with van der Waals surface area (Å²) in [6, 6.07) is 10.5. The molecule has 0 amide bonds. The molecule has 18 heavy (non-hydrogen) atoms. The summed E-state index contributed by atoms with van der Waals surface area (Å²) in [6.45, 7) is 4.48. The number of rotatable bonds is 8. The van der Waals surface area contributed by atoms with Crippen LogP contribution in [0, 0.1) is 5.82 Å². The minimum Gasteiger partial charge on any atom is -0.420 e. The van der Waals surface area contributed by atoms with Gasteiger partial charge in [0, 0.05) is 7.11 Å². The Labute approximate surface area is 111 Å². The fourth-order valence-corrected chi connectivity index (χ4v) is 5.35. The van der Waals surface area contributed by atoms with Crippen molar-refractivity contribution in [2.24, 2.45) is 0 Å². The van der Waals surface area contributed by atoms with Gasteiger partial charge in [-0.2, -0.15) is 0 Å². The van der Waals surface area contributed by atoms with Crippen LogP contribution in [0.5, 0.6) is 0 Å². The van der Waals surface area contributed by atoms with E-state index >= 15 is 0 Å². The fourth-order valence-electron chi connectivity index (χ4n) is 2.46. The van der Waals surface area contributed by atoms with Gasteiger partial charge in [0.25, 0.3) is 0 Å². The second-order valence-corrected chi connectivity index (χ2v) is 9.62. The van der Waals surface area contributed by atoms with Crippen molar-refractivity contribution in [1.82, 2.24) is 0 Å². The lowest BCUT2D eigenvalue weighted by Gasteiger charge is -2.27. The number of benzene rings is 1. The predicted octanol–water partition coefficient (Wildman–Crippen LogP) is 4.78. The summed E-state index contributed by atoms with van der Waals surface area (Å²) in [5.41, 5.74) is 1.10. The van der Waals surface area contributed by atoms with Crippen molar-refractivity contribution in [2.75, 3.05) is 7.11 Å². The van der Waals surface area contributed by atoms with Crippen LogP contribution in [-0.4, -0.2) is 15.4 Å². The third-order valence-electron chi connectivity index (χ3n) is 3.96. The molecule has 1 nitrogen and oxygen atoms in total. The summed E-state index contributed by atoms with van der Waals surface area (Å²) >= 11 is 0. The molecule has 0 aliphatic rings. The van der Waals surface area contributed by atoms with E-state index in [0.717, 1.165) is 18.4 Å². The molecule has 0 N–H and O–H groups in total. The zero-order valence-electron chi connectivity index (χ0n) is 11.8. The minimum absolute atomic E-state index is 0.129. The highest BCUT2D eigenvalue weighted by Crippen LogP contribution is 2.24. The Balaban J connectivity index is 2.34. The highest BCUT2D eigenvalue weighted by Gasteiger charge is 2.28. The van der Waals surface area contributed by atoms with Crippen LogP contribution >= 0.6 is 0 Å². The van der Waals surface area contributed by atoms with Crippen LogP contribution in [0.25, 0.3) is 0 Å². The molecule has 0 saturated heterocycles. The first-order valence-corrected chi connectivity index (χ1v) is 9.48. The molecule has 0 radical (unpaired) electrons. The van der Waals surface area contributed by atoms with Gasteiger partial charge >= 0.3 is 0 Å². The first-order valence-electron chi connectivity index (χ1n) is 6.95. The highest BCUT2D eigenvalue weighted by atomic mass is 28.4. The number of halogens is 1. The van der Waals surface area contributed by atoms with Gasteiger partial charge in [0.2, 0.25) is 0 Å². The van der Waals surface area contributed by atoms with Crippen molar-refractivity contribution in [3.8, 4) is 0 Å². The van der Waals surface area contributed by atoms with Gasteiger partial charge in [0.05, 0.1) is 0 Å². The molecule has 0 spiro atoms. The topological polar surface area (TPSA) is 9.23 Å². The molecule has 1 aromatic rings. The van der Waals surface area contributed by atoms with Crippen LogP contribution < -0.4 is 0 Å². The van der Waals surface area contributed by atoms with E-state index in [1.54, 1.807) is 12.1 Å². The molecule has 0 saturated carbocycles. The van der Waals surface area contributed by atoms with E-state index in [1.807, 2.05) is 13.2 Å². The molecule has 3 heteroatoms. The van der Waals surface area contributed by atoms with Crippen LogP contribution in [0.2, 0.25) is 18.1 Å². The molecule has 1 aromatic carbocycles. The quantitative estimate of drug-likeness (QED) is 0.487. The highest BCUT2D eigenvalue weighted by molar-refractivity contribution is 6.73. The Hall–Kier alpha value is -0.673. The zero-order chi connectivity index (χ0) is 13.4. The average Bonchev–Trinajstić information content (AvgIpc) is 2.40. The van der Waals surface area contributed by atoms with Gasteiger partial charge in [-0.15, -0.1) is 0 Å². The Kier molecular flexibility index (Phi) is 6.58. The molecular formula is C15H25FOSi. The zero-order valence-corrected chi connectivity index (χ0v) is 12.8. The van der Waals surface area contributed by atoms with Gasteiger partial charge in [0.15, 0.2) is 8.32 Å². The van der Waals surface area contributed by atoms with Crippen LogP contribution in [0.1, 0.15) is 32.3 Å². The predicted molar refractivity (Wildman–Crippen MR) is 77.9 cm³/mol. The molecule has 0 aliphatic carbocycles. The maximum atomic E-state index is 13.0. The van der Waals surface area contributed by atoms with Gasteiger partial charge in [0.1, 0.15) is 5.82 Å². The average molecular weight is 268 g/mol. The Morgan fingerprint density at radius 1 is 1.17 bits per heavy atom. The summed E-state index contributed by atoms with van der Waals surface area (Å²) < 4.78 is 18.8. The van der Waals surface area contributed by atoms with E-state index in [-0.39, 0.29) is 5.82 Å². The van der Waals surface area contributed by atoms with Gasteiger partial charge < -0.3 is 4.43 Å². The molecule has 0 aromatic heterocycles. The number of hydrogen-bond acceptors (Lipinski definition) is 1. The Bertz CT molecular complexity index is 342. The molecular weight excluding hydrogens is 243 g/mol. The van der Waals surface area contributed by atoms with Crippen molar-refractivity contribution < 1.29 is 8.82 Å². The van der Waals surface area contributed by atoms with Crippen molar-refractivity contribution in [1.29, 1.82) is 0 Å². The van der Waals surface area contributed by atoms with E-state index in [9.17, 15) is 4.39 Å². The third kappa shape index (κ3) is 4.54. The van der Waals surface area contributed by atoms with Gasteiger partial charge in [-0.05, 0) is 48.7 Å². The maximum absolute atomic E-state index is 13.0. The van der Waals surface area contributed by atoms with E-state index in [2.05, 4.69) is 13.8 Å². The first kappa shape index (κ1) is 15.4. The van der Waals surface area contributed by atoms with Crippen LogP contribution in [-0.2, 0) is 10.8 Å². The second kappa shape index (κ2) is 7.69. The number of hydrogen-bond donors (Lipinski definition) is 0. The molecule has 102 valence electrons. The molecule has 0 unspecified atom stereocenters. The van der Waals surface area contributed by atoms with E-state index in [4.69, 9.17) is 4.43 Å². The Morgan fingerprint density at radius 3 is 2.44 bits per heavy atom. The minimum atomic E-state index is -1.44. The van der Waals surface area contributed by atoms with Gasteiger partial charge in [-0.3, -0.25) is 0 Å². The maximum Gasteiger partial charge on any atom is 0.191 e. The van der Waals surface area contributed by atoms with Crippen LogP contribution in [0.4, 0.5) is 4.39 Å². The molecule has 0 atom stereocenters. The Morgan fingerprint density at radius 2 is 1.89 bits per heavy atom. The monoisotopic (exact) mass is 268 g/mol. The lowest BCUT2D eigenvalue weighted by atomic mass is 10.1. The molecule has 0 fully saturated rings. The van der Waals surface area contributed by atoms with Crippen LogP contribution in [0.15, 0.2) is 24.3 Å². The molecule has 1 rings (SSSR count). The lowest BCUT2D eigenvalue weighted by Crippen LogP contribution is -2.34. The van der Waals surface area contributed by atoms with E-state index in [0.29, 0.717) is 0 Å². The van der Waals surface area contributed by atoms with Gasteiger partial charge in [-0.25, -0.2) is 4.39 Å². The largest absolute Gasteiger partial charge is 0.420 e. The van der Waals surface area contributed by atoms with Gasteiger partial charge in [-0.1, -0.05) is 32.4 Å². The first-order chi connectivity index (χ1) is 8.65. The summed E-state index contributed by atoms with van der Waals surface area (Å²) in [7, 11) is 0.426. The van der Waals surface area contributed by atoms with Crippen molar-refractivity contribution >= 4 is 8.32 Å². The summed E-state index contributed by atoms with van der Waals surface area (Å²) in [5, 5.41) is 0. The van der Waals surface area contributed by atoms with Crippen molar-refractivity contribution in [3.63, 3.8) is 0 Å². The second-order valence-electron chi connectivity index (χ2n) is 4.93. The van der Waals surface area contributed by atoms with Crippen LogP contribution in [0.3, 0.4) is 0 Å². The van der Waals surface area contributed by atoms with E-state index < -0.39 is 8.32 Å². The normalized spacial score (nSPS) is 11.8. The molecule has 0 bridgehead atoms. The van der Waals surface area contributed by atoms with Crippen molar-refractivity contribution in [3.05, 3.63) is 35.6 Å². The lowest BCUT2D eigenvalue weighted by molar-refractivity contribution is 0.389. The third-order valence-corrected chi connectivity index (χ3v) is 8.67. The number of unbranched alkanes of at least 4 members (excludes halogenated alkanes) is 1. The summed E-state index contributed by atoms with van der Waals surface area (Å²) in [5.74, 6) is -0.129. The fraction of sp³-hybridized carbons (Fsp3) is 0.600. The molecule has 0 aliphatic heterocycles. The van der Waals surface area contributed by atoms with Crippen molar-refractivity contribution in [2.45, 2.75) is 51.2 Å². The SMILES string of the molecule is CC[Si](CC)(CCCCc1cccc(F)c1)OC. The smallest absolute Gasteiger partial charge is 0.191 e.